The molecule has 4 nitrogen and oxygen atoms in total. The highest BCUT2D eigenvalue weighted by Crippen LogP contribution is 2.27. The van der Waals surface area contributed by atoms with Crippen molar-refractivity contribution in [1.29, 1.82) is 5.26 Å². The number of nitrogens with zero attached hydrogens (tertiary/aromatic N) is 1. The lowest BCUT2D eigenvalue weighted by atomic mass is 10.1. The van der Waals surface area contributed by atoms with Gasteiger partial charge in [-0.25, -0.2) is 9.18 Å². The highest BCUT2D eigenvalue weighted by molar-refractivity contribution is 6.33. The molecule has 0 amide bonds. The van der Waals surface area contributed by atoms with Crippen LogP contribution in [0.1, 0.15) is 21.5 Å². The standard InChI is InChI=1S/C15H9ClFNO3/c16-12-2-1-3-13(14(12)15(19)20)21-8-10-4-9(7-18)5-11(17)6-10/h1-6H,8H2,(H,19,20). The molecule has 0 aromatic heterocycles. The molecule has 0 radical (unpaired) electrons. The lowest BCUT2D eigenvalue weighted by molar-refractivity contribution is 0.0692. The van der Waals surface area contributed by atoms with Crippen LogP contribution >= 0.6 is 11.6 Å². The quantitative estimate of drug-likeness (QED) is 0.936. The van der Waals surface area contributed by atoms with Crippen LogP contribution in [0.2, 0.25) is 5.02 Å². The van der Waals surface area contributed by atoms with Gasteiger partial charge in [-0.1, -0.05) is 17.7 Å². The molecule has 2 aromatic carbocycles. The third kappa shape index (κ3) is 3.50. The van der Waals surface area contributed by atoms with Crippen LogP contribution in [0.15, 0.2) is 36.4 Å². The van der Waals surface area contributed by atoms with Crippen molar-refractivity contribution >= 4 is 17.6 Å². The zero-order valence-corrected chi connectivity index (χ0v) is 11.4. The van der Waals surface area contributed by atoms with Gasteiger partial charge in [0.15, 0.2) is 0 Å². The maximum Gasteiger partial charge on any atom is 0.341 e. The molecule has 2 rings (SSSR count). The number of hydrogen-bond donors (Lipinski definition) is 1. The number of nitriles is 1. The zero-order chi connectivity index (χ0) is 15.4. The number of aromatic carboxylic acids is 1. The first-order valence-corrected chi connectivity index (χ1v) is 6.23. The number of ether oxygens (including phenoxy) is 1. The number of carboxylic acids is 1. The first-order valence-electron chi connectivity index (χ1n) is 5.85. The van der Waals surface area contributed by atoms with Crippen LogP contribution in [0.25, 0.3) is 0 Å². The normalized spacial score (nSPS) is 9.95. The van der Waals surface area contributed by atoms with Crippen LogP contribution in [0.4, 0.5) is 4.39 Å². The molecule has 0 spiro atoms. The van der Waals surface area contributed by atoms with Gasteiger partial charge >= 0.3 is 5.97 Å². The molecule has 0 aliphatic rings. The van der Waals surface area contributed by atoms with E-state index in [0.717, 1.165) is 6.07 Å². The minimum atomic E-state index is -1.22. The summed E-state index contributed by atoms with van der Waals surface area (Å²) in [6.07, 6.45) is 0. The van der Waals surface area contributed by atoms with E-state index in [1.165, 1.54) is 24.3 Å². The maximum atomic E-state index is 13.3. The predicted molar refractivity (Wildman–Crippen MR) is 73.9 cm³/mol. The second kappa shape index (κ2) is 6.25. The Morgan fingerprint density at radius 2 is 2.14 bits per heavy atom. The minimum Gasteiger partial charge on any atom is -0.488 e. The first-order chi connectivity index (χ1) is 10.0. The predicted octanol–water partition coefficient (Wildman–Crippen LogP) is 3.63. The molecule has 0 saturated heterocycles. The summed E-state index contributed by atoms with van der Waals surface area (Å²) >= 11 is 5.82. The van der Waals surface area contributed by atoms with Crippen LogP contribution < -0.4 is 4.74 Å². The van der Waals surface area contributed by atoms with E-state index in [0.29, 0.717) is 5.56 Å². The van der Waals surface area contributed by atoms with E-state index in [4.69, 9.17) is 26.7 Å². The Bertz CT molecular complexity index is 740. The van der Waals surface area contributed by atoms with Crippen LogP contribution in [-0.2, 0) is 6.61 Å². The van der Waals surface area contributed by atoms with Gasteiger partial charge in [0, 0.05) is 0 Å². The van der Waals surface area contributed by atoms with Crippen molar-refractivity contribution in [3.63, 3.8) is 0 Å². The molecule has 0 fully saturated rings. The Balaban J connectivity index is 2.25. The average molecular weight is 306 g/mol. The summed E-state index contributed by atoms with van der Waals surface area (Å²) in [7, 11) is 0. The van der Waals surface area contributed by atoms with Crippen molar-refractivity contribution < 1.29 is 19.0 Å². The number of carbonyl (C=O) groups is 1. The van der Waals surface area contributed by atoms with Crippen LogP contribution in [0.5, 0.6) is 5.75 Å². The molecular weight excluding hydrogens is 297 g/mol. The summed E-state index contributed by atoms with van der Waals surface area (Å²) in [6.45, 7) is -0.0763. The van der Waals surface area contributed by atoms with Crippen molar-refractivity contribution in [3.8, 4) is 11.8 Å². The highest BCUT2D eigenvalue weighted by Gasteiger charge is 2.15. The van der Waals surface area contributed by atoms with E-state index >= 15 is 0 Å². The summed E-state index contributed by atoms with van der Waals surface area (Å²) in [5.74, 6) is -1.69. The fourth-order valence-corrected chi connectivity index (χ4v) is 2.04. The smallest absolute Gasteiger partial charge is 0.341 e. The molecule has 0 heterocycles. The number of rotatable bonds is 4. The number of halogens is 2. The Kier molecular flexibility index (Phi) is 4.41. The second-order valence-corrected chi connectivity index (χ2v) is 4.57. The SMILES string of the molecule is N#Cc1cc(F)cc(COc2cccc(Cl)c2C(=O)O)c1. The second-order valence-electron chi connectivity index (χ2n) is 4.17. The van der Waals surface area contributed by atoms with Gasteiger partial charge in [0.1, 0.15) is 23.7 Å². The Morgan fingerprint density at radius 3 is 2.81 bits per heavy atom. The van der Waals surface area contributed by atoms with Gasteiger partial charge in [-0.15, -0.1) is 0 Å². The lowest BCUT2D eigenvalue weighted by Crippen LogP contribution is -2.04. The number of carboxylic acid groups (broad SMARTS) is 1. The van der Waals surface area contributed by atoms with Gasteiger partial charge in [-0.05, 0) is 35.9 Å². The van der Waals surface area contributed by atoms with E-state index in [-0.39, 0.29) is 28.5 Å². The fourth-order valence-electron chi connectivity index (χ4n) is 1.79. The van der Waals surface area contributed by atoms with Crippen LogP contribution in [0, 0.1) is 17.1 Å². The molecule has 0 atom stereocenters. The Morgan fingerprint density at radius 1 is 1.38 bits per heavy atom. The molecule has 0 saturated carbocycles. The molecule has 21 heavy (non-hydrogen) atoms. The van der Waals surface area contributed by atoms with E-state index in [1.54, 1.807) is 6.07 Å². The topological polar surface area (TPSA) is 70.3 Å². The van der Waals surface area contributed by atoms with Gasteiger partial charge in [0.05, 0.1) is 16.7 Å². The highest BCUT2D eigenvalue weighted by atomic mass is 35.5. The van der Waals surface area contributed by atoms with E-state index in [9.17, 15) is 9.18 Å². The molecule has 0 aliphatic heterocycles. The molecular formula is C15H9ClFNO3. The molecule has 106 valence electrons. The maximum absolute atomic E-state index is 13.3. The lowest BCUT2D eigenvalue weighted by Gasteiger charge is -2.10. The van der Waals surface area contributed by atoms with Crippen molar-refractivity contribution in [2.24, 2.45) is 0 Å². The molecule has 0 unspecified atom stereocenters. The molecule has 0 aliphatic carbocycles. The molecule has 2 aromatic rings. The summed E-state index contributed by atoms with van der Waals surface area (Å²) in [5, 5.41) is 17.9. The van der Waals surface area contributed by atoms with Gasteiger partial charge in [-0.3, -0.25) is 0 Å². The van der Waals surface area contributed by atoms with E-state index in [2.05, 4.69) is 0 Å². The first kappa shape index (κ1) is 14.8. The van der Waals surface area contributed by atoms with Crippen LogP contribution in [0.3, 0.4) is 0 Å². The summed E-state index contributed by atoms with van der Waals surface area (Å²) in [5.41, 5.74) is 0.428. The van der Waals surface area contributed by atoms with E-state index in [1.807, 2.05) is 6.07 Å². The van der Waals surface area contributed by atoms with Gasteiger partial charge in [0.25, 0.3) is 0 Å². The van der Waals surface area contributed by atoms with Gasteiger partial charge in [0.2, 0.25) is 0 Å². The van der Waals surface area contributed by atoms with Crippen molar-refractivity contribution in [2.75, 3.05) is 0 Å². The fraction of sp³-hybridized carbons (Fsp3) is 0.0667. The van der Waals surface area contributed by atoms with E-state index < -0.39 is 11.8 Å². The molecule has 6 heteroatoms. The summed E-state index contributed by atoms with van der Waals surface area (Å²) < 4.78 is 18.7. The third-order valence-corrected chi connectivity index (χ3v) is 2.99. The van der Waals surface area contributed by atoms with Gasteiger partial charge in [-0.2, -0.15) is 5.26 Å². The Labute approximate surface area is 125 Å². The Hall–Kier alpha value is -2.58. The summed E-state index contributed by atoms with van der Waals surface area (Å²) in [6, 6.07) is 10.1. The molecule has 1 N–H and O–H groups in total. The van der Waals surface area contributed by atoms with Crippen molar-refractivity contribution in [1.82, 2.24) is 0 Å². The zero-order valence-electron chi connectivity index (χ0n) is 10.6. The summed E-state index contributed by atoms with van der Waals surface area (Å²) in [4.78, 5) is 11.1. The average Bonchev–Trinajstić information content (AvgIpc) is 2.44. The monoisotopic (exact) mass is 305 g/mol. The van der Waals surface area contributed by atoms with Crippen molar-refractivity contribution in [3.05, 3.63) is 63.9 Å². The van der Waals surface area contributed by atoms with Gasteiger partial charge < -0.3 is 9.84 Å². The number of benzene rings is 2. The molecule has 0 bridgehead atoms. The third-order valence-electron chi connectivity index (χ3n) is 2.67. The largest absolute Gasteiger partial charge is 0.488 e. The van der Waals surface area contributed by atoms with Crippen molar-refractivity contribution in [2.45, 2.75) is 6.61 Å². The minimum absolute atomic E-state index is 0.0527. The number of hydrogen-bond acceptors (Lipinski definition) is 3. The van der Waals surface area contributed by atoms with Crippen LogP contribution in [-0.4, -0.2) is 11.1 Å².